The van der Waals surface area contributed by atoms with Gasteiger partial charge in [0.25, 0.3) is 0 Å². The number of carbonyl (C=O) groups excluding carboxylic acids is 1. The molecule has 0 radical (unpaired) electrons. The molecule has 10 heteroatoms. The van der Waals surface area contributed by atoms with Crippen LogP contribution in [0, 0.1) is 0 Å². The zero-order chi connectivity index (χ0) is 19.0. The van der Waals surface area contributed by atoms with E-state index in [-0.39, 0.29) is 24.4 Å². The number of urea groups is 1. The van der Waals surface area contributed by atoms with Gasteiger partial charge in [-0.3, -0.25) is 4.79 Å². The van der Waals surface area contributed by atoms with E-state index in [9.17, 15) is 18.0 Å². The molecule has 0 saturated carbocycles. The van der Waals surface area contributed by atoms with Crippen LogP contribution in [0.2, 0.25) is 0 Å². The third-order valence-corrected chi connectivity index (χ3v) is 5.75. The van der Waals surface area contributed by atoms with Gasteiger partial charge >= 0.3 is 12.0 Å². The van der Waals surface area contributed by atoms with Gasteiger partial charge in [0.2, 0.25) is 10.0 Å². The lowest BCUT2D eigenvalue weighted by molar-refractivity contribution is -0.137. The Morgan fingerprint density at radius 3 is 2.38 bits per heavy atom. The van der Waals surface area contributed by atoms with E-state index in [1.54, 1.807) is 12.1 Å². The summed E-state index contributed by atoms with van der Waals surface area (Å²) in [5.74, 6) is -0.903. The van der Waals surface area contributed by atoms with Gasteiger partial charge in [0, 0.05) is 32.6 Å². The molecule has 0 spiro atoms. The van der Waals surface area contributed by atoms with Crippen LogP contribution in [0.4, 0.5) is 4.79 Å². The third kappa shape index (κ3) is 5.97. The maximum absolute atomic E-state index is 12.5. The molecule has 26 heavy (non-hydrogen) atoms. The maximum Gasteiger partial charge on any atom is 0.315 e. The Hall–Kier alpha value is -2.17. The van der Waals surface area contributed by atoms with Crippen LogP contribution in [-0.2, 0) is 26.1 Å². The van der Waals surface area contributed by atoms with E-state index in [0.29, 0.717) is 32.7 Å². The topological polar surface area (TPSA) is 125 Å². The largest absolute Gasteiger partial charge is 0.481 e. The van der Waals surface area contributed by atoms with Crippen LogP contribution in [-0.4, -0.2) is 62.7 Å². The van der Waals surface area contributed by atoms with Crippen molar-refractivity contribution in [2.45, 2.75) is 24.3 Å². The molecule has 3 N–H and O–H groups in total. The first-order chi connectivity index (χ1) is 12.4. The minimum atomic E-state index is -3.53. The van der Waals surface area contributed by atoms with Gasteiger partial charge in [0.15, 0.2) is 0 Å². The Labute approximate surface area is 152 Å². The second kappa shape index (κ2) is 9.51. The Bertz CT molecular complexity index is 714. The van der Waals surface area contributed by atoms with Gasteiger partial charge in [-0.1, -0.05) is 12.1 Å². The number of carboxylic acid groups (broad SMARTS) is 1. The first-order valence-corrected chi connectivity index (χ1v) is 9.74. The number of hydrogen-bond acceptors (Lipinski definition) is 5. The number of hydrogen-bond donors (Lipinski definition) is 3. The lowest BCUT2D eigenvalue weighted by Crippen LogP contribution is -2.40. The van der Waals surface area contributed by atoms with Crippen molar-refractivity contribution >= 4 is 22.0 Å². The van der Waals surface area contributed by atoms with Crippen molar-refractivity contribution in [1.82, 2.24) is 14.9 Å². The number of benzene rings is 1. The van der Waals surface area contributed by atoms with E-state index in [4.69, 9.17) is 9.84 Å². The monoisotopic (exact) mass is 385 g/mol. The average molecular weight is 385 g/mol. The fraction of sp³-hybridized carbons (Fsp3) is 0.500. The Kier molecular flexibility index (Phi) is 7.37. The standard InChI is InChI=1S/C16H23N3O6S/c20-15(21)2-1-7-17-16(22)18-12-13-3-5-14(6-4-13)26(23,24)19-8-10-25-11-9-19/h3-6H,1-2,7-12H2,(H,20,21)(H2,17,18,22). The summed E-state index contributed by atoms with van der Waals surface area (Å²) in [6.07, 6.45) is 0.357. The van der Waals surface area contributed by atoms with Gasteiger partial charge in [-0.15, -0.1) is 0 Å². The fourth-order valence-corrected chi connectivity index (χ4v) is 3.81. The second-order valence-corrected chi connectivity index (χ2v) is 7.71. The highest BCUT2D eigenvalue weighted by atomic mass is 32.2. The summed E-state index contributed by atoms with van der Waals surface area (Å²) in [6, 6.07) is 5.94. The third-order valence-electron chi connectivity index (χ3n) is 3.84. The van der Waals surface area contributed by atoms with Crippen LogP contribution in [0.25, 0.3) is 0 Å². The maximum atomic E-state index is 12.5. The summed E-state index contributed by atoms with van der Waals surface area (Å²) in [5.41, 5.74) is 0.756. The Morgan fingerprint density at radius 1 is 1.12 bits per heavy atom. The molecular formula is C16H23N3O6S. The molecule has 144 valence electrons. The van der Waals surface area contributed by atoms with E-state index >= 15 is 0 Å². The number of carboxylic acids is 1. The summed E-state index contributed by atoms with van der Waals surface area (Å²) in [7, 11) is -3.53. The van der Waals surface area contributed by atoms with Crippen molar-refractivity contribution in [3.05, 3.63) is 29.8 Å². The molecule has 0 atom stereocenters. The number of carbonyl (C=O) groups is 2. The minimum absolute atomic E-state index is 0.000636. The summed E-state index contributed by atoms with van der Waals surface area (Å²) in [6.45, 7) is 1.98. The number of nitrogens with zero attached hydrogens (tertiary/aromatic N) is 1. The van der Waals surface area contributed by atoms with Gasteiger partial charge in [-0.25, -0.2) is 13.2 Å². The highest BCUT2D eigenvalue weighted by Crippen LogP contribution is 2.17. The predicted molar refractivity (Wildman–Crippen MR) is 93.1 cm³/mol. The number of rotatable bonds is 8. The molecule has 1 aromatic rings. The van der Waals surface area contributed by atoms with Gasteiger partial charge in [0.05, 0.1) is 18.1 Å². The molecule has 1 aliphatic heterocycles. The van der Waals surface area contributed by atoms with Crippen LogP contribution in [0.15, 0.2) is 29.2 Å². The number of sulfonamides is 1. The lowest BCUT2D eigenvalue weighted by Gasteiger charge is -2.26. The van der Waals surface area contributed by atoms with E-state index in [1.807, 2.05) is 0 Å². The molecule has 1 aliphatic rings. The lowest BCUT2D eigenvalue weighted by atomic mass is 10.2. The number of ether oxygens (including phenoxy) is 1. The zero-order valence-corrected chi connectivity index (χ0v) is 15.1. The molecule has 9 nitrogen and oxygen atoms in total. The highest BCUT2D eigenvalue weighted by molar-refractivity contribution is 7.89. The van der Waals surface area contributed by atoms with Gasteiger partial charge < -0.3 is 20.5 Å². The van der Waals surface area contributed by atoms with Crippen LogP contribution < -0.4 is 10.6 Å². The zero-order valence-electron chi connectivity index (χ0n) is 14.3. The molecular weight excluding hydrogens is 362 g/mol. The molecule has 0 aliphatic carbocycles. The molecule has 2 rings (SSSR count). The Balaban J connectivity index is 1.81. The van der Waals surface area contributed by atoms with Crippen molar-refractivity contribution in [1.29, 1.82) is 0 Å². The SMILES string of the molecule is O=C(O)CCCNC(=O)NCc1ccc(S(=O)(=O)N2CCOCC2)cc1. The van der Waals surface area contributed by atoms with E-state index in [1.165, 1.54) is 16.4 Å². The van der Waals surface area contributed by atoms with Crippen molar-refractivity contribution in [3.8, 4) is 0 Å². The van der Waals surface area contributed by atoms with E-state index < -0.39 is 22.0 Å². The van der Waals surface area contributed by atoms with Crippen molar-refractivity contribution in [3.63, 3.8) is 0 Å². The molecule has 1 fully saturated rings. The number of morpholine rings is 1. The van der Waals surface area contributed by atoms with Crippen LogP contribution in [0.5, 0.6) is 0 Å². The summed E-state index contributed by atoms with van der Waals surface area (Å²) >= 11 is 0. The molecule has 0 aromatic heterocycles. The van der Waals surface area contributed by atoms with Crippen molar-refractivity contribution < 1.29 is 27.9 Å². The highest BCUT2D eigenvalue weighted by Gasteiger charge is 2.25. The second-order valence-electron chi connectivity index (χ2n) is 5.77. The summed E-state index contributed by atoms with van der Waals surface area (Å²) in [5, 5.41) is 13.7. The van der Waals surface area contributed by atoms with Crippen LogP contribution >= 0.6 is 0 Å². The van der Waals surface area contributed by atoms with Crippen molar-refractivity contribution in [2.24, 2.45) is 0 Å². The fourth-order valence-electron chi connectivity index (χ4n) is 2.40. The molecule has 0 bridgehead atoms. The van der Waals surface area contributed by atoms with E-state index in [0.717, 1.165) is 5.56 Å². The molecule has 2 amide bonds. The van der Waals surface area contributed by atoms with Crippen LogP contribution in [0.1, 0.15) is 18.4 Å². The van der Waals surface area contributed by atoms with E-state index in [2.05, 4.69) is 10.6 Å². The van der Waals surface area contributed by atoms with Gasteiger partial charge in [0.1, 0.15) is 0 Å². The Morgan fingerprint density at radius 2 is 1.77 bits per heavy atom. The first-order valence-electron chi connectivity index (χ1n) is 8.30. The average Bonchev–Trinajstić information content (AvgIpc) is 2.64. The number of amides is 2. The summed E-state index contributed by atoms with van der Waals surface area (Å²) in [4.78, 5) is 22.2. The predicted octanol–water partition coefficient (Wildman–Crippen LogP) is 0.372. The van der Waals surface area contributed by atoms with Gasteiger partial charge in [-0.05, 0) is 24.1 Å². The quantitative estimate of drug-likeness (QED) is 0.555. The van der Waals surface area contributed by atoms with Crippen LogP contribution in [0.3, 0.4) is 0 Å². The molecule has 1 aromatic carbocycles. The molecule has 0 unspecified atom stereocenters. The molecule has 1 saturated heterocycles. The van der Waals surface area contributed by atoms with Gasteiger partial charge in [-0.2, -0.15) is 4.31 Å². The summed E-state index contributed by atoms with van der Waals surface area (Å²) < 4.78 is 31.6. The molecule has 1 heterocycles. The normalized spacial score (nSPS) is 15.4. The number of aliphatic carboxylic acids is 1. The van der Waals surface area contributed by atoms with Crippen molar-refractivity contribution in [2.75, 3.05) is 32.8 Å². The number of nitrogens with one attached hydrogen (secondary N) is 2. The first kappa shape index (κ1) is 20.1. The smallest absolute Gasteiger partial charge is 0.315 e. The minimum Gasteiger partial charge on any atom is -0.481 e.